The molecule has 4 aromatic rings. The van der Waals surface area contributed by atoms with Crippen molar-refractivity contribution in [3.63, 3.8) is 0 Å². The first-order chi connectivity index (χ1) is 15.0. The normalized spacial score (nSPS) is 10.9. The minimum absolute atomic E-state index is 0.109. The van der Waals surface area contributed by atoms with Crippen molar-refractivity contribution >= 4 is 28.2 Å². The highest BCUT2D eigenvalue weighted by Gasteiger charge is 2.15. The molecule has 0 spiro atoms. The number of nitrogens with one attached hydrogen (secondary N) is 2. The van der Waals surface area contributed by atoms with Gasteiger partial charge in [-0.05, 0) is 73.1 Å². The summed E-state index contributed by atoms with van der Waals surface area (Å²) < 4.78 is 5.38. The third-order valence-electron chi connectivity index (χ3n) is 5.13. The second kappa shape index (κ2) is 9.14. The Morgan fingerprint density at radius 1 is 1.19 bits per heavy atom. The minimum Gasteiger partial charge on any atom is -0.467 e. The Morgan fingerprint density at radius 3 is 2.81 bits per heavy atom. The Hall–Kier alpha value is -3.45. The lowest BCUT2D eigenvalue weighted by Crippen LogP contribution is -2.39. The molecule has 31 heavy (non-hydrogen) atoms. The molecular formula is C24H24N4O2S. The smallest absolute Gasteiger partial charge is 0.253 e. The zero-order valence-corrected chi connectivity index (χ0v) is 18.3. The van der Waals surface area contributed by atoms with Crippen LogP contribution in [0.25, 0.3) is 10.9 Å². The zero-order chi connectivity index (χ0) is 21.8. The van der Waals surface area contributed by atoms with Crippen LogP contribution < -0.4 is 10.9 Å². The molecule has 0 fully saturated rings. The van der Waals surface area contributed by atoms with Crippen LogP contribution in [-0.4, -0.2) is 20.0 Å². The van der Waals surface area contributed by atoms with E-state index in [0.717, 1.165) is 33.4 Å². The lowest BCUT2D eigenvalue weighted by atomic mass is 10.0. The van der Waals surface area contributed by atoms with E-state index in [4.69, 9.17) is 16.6 Å². The van der Waals surface area contributed by atoms with Gasteiger partial charge in [-0.2, -0.15) is 0 Å². The number of pyridine rings is 2. The summed E-state index contributed by atoms with van der Waals surface area (Å²) in [5.74, 6) is 0.790. The number of aryl methyl sites for hydroxylation is 2. The minimum atomic E-state index is -0.109. The zero-order valence-electron chi connectivity index (χ0n) is 17.5. The van der Waals surface area contributed by atoms with Crippen LogP contribution in [0.1, 0.15) is 28.0 Å². The summed E-state index contributed by atoms with van der Waals surface area (Å²) in [5.41, 5.74) is 4.66. The van der Waals surface area contributed by atoms with E-state index < -0.39 is 0 Å². The van der Waals surface area contributed by atoms with Crippen molar-refractivity contribution in [2.75, 3.05) is 0 Å². The van der Waals surface area contributed by atoms with E-state index in [1.165, 1.54) is 0 Å². The number of nitrogens with zero attached hydrogens (tertiary/aromatic N) is 2. The number of aromatic nitrogens is 2. The van der Waals surface area contributed by atoms with Gasteiger partial charge in [0.1, 0.15) is 5.76 Å². The molecule has 3 heterocycles. The van der Waals surface area contributed by atoms with Crippen LogP contribution in [-0.2, 0) is 19.6 Å². The van der Waals surface area contributed by atoms with Gasteiger partial charge < -0.3 is 19.6 Å². The van der Waals surface area contributed by atoms with Crippen LogP contribution in [0.5, 0.6) is 0 Å². The van der Waals surface area contributed by atoms with Crippen LogP contribution in [0.2, 0.25) is 0 Å². The summed E-state index contributed by atoms with van der Waals surface area (Å²) in [6.45, 7) is 5.46. The average molecular weight is 433 g/mol. The van der Waals surface area contributed by atoms with Gasteiger partial charge in [0.25, 0.3) is 5.56 Å². The predicted molar refractivity (Wildman–Crippen MR) is 126 cm³/mol. The van der Waals surface area contributed by atoms with Gasteiger partial charge in [-0.3, -0.25) is 9.78 Å². The van der Waals surface area contributed by atoms with Crippen LogP contribution >= 0.6 is 12.2 Å². The second-order valence-corrected chi connectivity index (χ2v) is 8.01. The number of hydrogen-bond donors (Lipinski definition) is 2. The molecule has 158 valence electrons. The Morgan fingerprint density at radius 2 is 2.06 bits per heavy atom. The molecule has 0 aliphatic carbocycles. The average Bonchev–Trinajstić information content (AvgIpc) is 3.27. The Labute approximate surface area is 185 Å². The van der Waals surface area contributed by atoms with Crippen molar-refractivity contribution in [3.8, 4) is 0 Å². The third-order valence-corrected chi connectivity index (χ3v) is 5.53. The van der Waals surface area contributed by atoms with Gasteiger partial charge in [-0.25, -0.2) is 0 Å². The second-order valence-electron chi connectivity index (χ2n) is 7.62. The topological polar surface area (TPSA) is 74.2 Å². The highest BCUT2D eigenvalue weighted by atomic mass is 32.1. The fourth-order valence-corrected chi connectivity index (χ4v) is 3.84. The van der Waals surface area contributed by atoms with Gasteiger partial charge in [0, 0.05) is 35.4 Å². The van der Waals surface area contributed by atoms with E-state index in [9.17, 15) is 4.79 Å². The van der Waals surface area contributed by atoms with Crippen LogP contribution in [0.4, 0.5) is 0 Å². The number of H-pyrrole nitrogens is 1. The van der Waals surface area contributed by atoms with E-state index in [-0.39, 0.29) is 5.56 Å². The lowest BCUT2D eigenvalue weighted by Gasteiger charge is -2.26. The highest BCUT2D eigenvalue weighted by molar-refractivity contribution is 7.80. The Kier molecular flexibility index (Phi) is 6.13. The molecule has 0 radical (unpaired) electrons. The summed E-state index contributed by atoms with van der Waals surface area (Å²) in [7, 11) is 0. The predicted octanol–water partition coefficient (Wildman–Crippen LogP) is 4.21. The molecule has 3 aromatic heterocycles. The number of aromatic amines is 1. The molecule has 0 unspecified atom stereocenters. The van der Waals surface area contributed by atoms with E-state index >= 15 is 0 Å². The fraction of sp³-hybridized carbons (Fsp3) is 0.208. The molecule has 0 aliphatic heterocycles. The largest absolute Gasteiger partial charge is 0.467 e. The fourth-order valence-electron chi connectivity index (χ4n) is 3.64. The number of furan rings is 1. The molecule has 2 N–H and O–H groups in total. The highest BCUT2D eigenvalue weighted by Crippen LogP contribution is 2.19. The first kappa shape index (κ1) is 20.8. The standard InChI is InChI=1S/C24H24N4O2S/c1-16-9-17(2)21-11-19(23(29)27-22(21)10-16)15-28(14-18-5-3-7-25-12-18)24(31)26-13-20-6-4-8-30-20/h3-12H,13-15H2,1-2H3,(H,26,31)(H,27,29). The summed E-state index contributed by atoms with van der Waals surface area (Å²) in [6, 6.07) is 13.7. The number of rotatable bonds is 6. The van der Waals surface area contributed by atoms with Crippen LogP contribution in [0, 0.1) is 13.8 Å². The molecular weight excluding hydrogens is 408 g/mol. The van der Waals surface area contributed by atoms with Crippen molar-refractivity contribution in [3.05, 3.63) is 99.5 Å². The van der Waals surface area contributed by atoms with Crippen molar-refractivity contribution in [2.45, 2.75) is 33.5 Å². The van der Waals surface area contributed by atoms with Gasteiger partial charge in [0.05, 0.1) is 19.4 Å². The maximum Gasteiger partial charge on any atom is 0.253 e. The van der Waals surface area contributed by atoms with Crippen LogP contribution in [0.15, 0.2) is 70.3 Å². The molecule has 0 saturated heterocycles. The number of benzene rings is 1. The summed E-state index contributed by atoms with van der Waals surface area (Å²) in [4.78, 5) is 22.0. The van der Waals surface area contributed by atoms with Gasteiger partial charge in [-0.1, -0.05) is 12.1 Å². The molecule has 0 atom stereocenters. The Bertz CT molecular complexity index is 1250. The number of hydrogen-bond acceptors (Lipinski definition) is 4. The van der Waals surface area contributed by atoms with E-state index in [0.29, 0.717) is 30.3 Å². The van der Waals surface area contributed by atoms with Crippen molar-refractivity contribution in [1.82, 2.24) is 20.2 Å². The SMILES string of the molecule is Cc1cc(C)c2cc(CN(Cc3cccnc3)C(=S)NCc3ccco3)c(=O)[nH]c2c1. The van der Waals surface area contributed by atoms with Gasteiger partial charge in [0.15, 0.2) is 5.11 Å². The van der Waals surface area contributed by atoms with Crippen molar-refractivity contribution in [1.29, 1.82) is 0 Å². The molecule has 0 saturated carbocycles. The van der Waals surface area contributed by atoms with E-state index in [2.05, 4.69) is 28.3 Å². The molecule has 0 bridgehead atoms. The summed E-state index contributed by atoms with van der Waals surface area (Å²) in [5, 5.41) is 4.81. The van der Waals surface area contributed by atoms with Crippen molar-refractivity contribution in [2.24, 2.45) is 0 Å². The number of thiocarbonyl (C=S) groups is 1. The maximum atomic E-state index is 12.8. The molecule has 1 aromatic carbocycles. The molecule has 7 heteroatoms. The summed E-state index contributed by atoms with van der Waals surface area (Å²) in [6.07, 6.45) is 5.17. The molecule has 0 aliphatic rings. The van der Waals surface area contributed by atoms with Crippen molar-refractivity contribution < 1.29 is 4.42 Å². The van der Waals surface area contributed by atoms with Gasteiger partial charge >= 0.3 is 0 Å². The molecule has 6 nitrogen and oxygen atoms in total. The first-order valence-electron chi connectivity index (χ1n) is 10.1. The lowest BCUT2D eigenvalue weighted by molar-refractivity contribution is 0.393. The van der Waals surface area contributed by atoms with E-state index in [1.54, 1.807) is 18.7 Å². The van der Waals surface area contributed by atoms with Gasteiger partial charge in [0.2, 0.25) is 0 Å². The molecule has 0 amide bonds. The third kappa shape index (κ3) is 5.00. The molecule has 4 rings (SSSR count). The number of fused-ring (bicyclic) bond motifs is 1. The van der Waals surface area contributed by atoms with Crippen LogP contribution in [0.3, 0.4) is 0 Å². The monoisotopic (exact) mass is 432 g/mol. The summed E-state index contributed by atoms with van der Waals surface area (Å²) >= 11 is 5.67. The quantitative estimate of drug-likeness (QED) is 0.445. The van der Waals surface area contributed by atoms with Gasteiger partial charge in [-0.15, -0.1) is 0 Å². The first-order valence-corrected chi connectivity index (χ1v) is 10.5. The van der Waals surface area contributed by atoms with E-state index in [1.807, 2.05) is 48.2 Å². The maximum absolute atomic E-state index is 12.8. The Balaban J connectivity index is 1.62.